The number of halogens is 2. The van der Waals surface area contributed by atoms with Crippen molar-refractivity contribution in [1.29, 1.82) is 0 Å². The van der Waals surface area contributed by atoms with Crippen molar-refractivity contribution < 1.29 is 14.0 Å². The first-order valence-electron chi connectivity index (χ1n) is 9.65. The lowest BCUT2D eigenvalue weighted by Crippen LogP contribution is -2.42. The summed E-state index contributed by atoms with van der Waals surface area (Å²) in [7, 11) is 0. The van der Waals surface area contributed by atoms with Crippen molar-refractivity contribution in [3.63, 3.8) is 0 Å². The number of nitrogens with one attached hydrogen (secondary N) is 3. The zero-order valence-electron chi connectivity index (χ0n) is 17.0. The van der Waals surface area contributed by atoms with E-state index in [2.05, 4.69) is 15.6 Å². The van der Waals surface area contributed by atoms with Gasteiger partial charge >= 0.3 is 6.03 Å². The van der Waals surface area contributed by atoms with Crippen LogP contribution < -0.4 is 16.2 Å². The predicted octanol–water partition coefficient (Wildman–Crippen LogP) is 4.05. The SMILES string of the molecule is CC(=O)NCCN(C(=O)Nc1ccc(F)c(Cl)c1)[C@H](C)c1c[nH]c(=O)c2ccccc12. The monoisotopic (exact) mass is 444 g/mol. The van der Waals surface area contributed by atoms with E-state index < -0.39 is 17.9 Å². The predicted molar refractivity (Wildman–Crippen MR) is 119 cm³/mol. The van der Waals surface area contributed by atoms with Crippen LogP contribution in [0.1, 0.15) is 25.5 Å². The number of aromatic amines is 1. The summed E-state index contributed by atoms with van der Waals surface area (Å²) in [5.74, 6) is -0.803. The van der Waals surface area contributed by atoms with Crippen molar-refractivity contribution in [2.45, 2.75) is 19.9 Å². The number of pyridine rings is 1. The lowest BCUT2D eigenvalue weighted by molar-refractivity contribution is -0.119. The molecule has 0 saturated heterocycles. The largest absolute Gasteiger partial charge is 0.355 e. The molecule has 0 radical (unpaired) electrons. The highest BCUT2D eigenvalue weighted by molar-refractivity contribution is 6.31. The van der Waals surface area contributed by atoms with E-state index in [0.29, 0.717) is 11.1 Å². The number of amides is 3. The van der Waals surface area contributed by atoms with E-state index in [-0.39, 0.29) is 29.6 Å². The molecule has 0 bridgehead atoms. The van der Waals surface area contributed by atoms with Gasteiger partial charge in [-0.2, -0.15) is 0 Å². The molecule has 31 heavy (non-hydrogen) atoms. The fraction of sp³-hybridized carbons (Fsp3) is 0.227. The van der Waals surface area contributed by atoms with Crippen LogP contribution in [0, 0.1) is 5.82 Å². The van der Waals surface area contributed by atoms with Crippen molar-refractivity contribution in [1.82, 2.24) is 15.2 Å². The van der Waals surface area contributed by atoms with Gasteiger partial charge in [-0.25, -0.2) is 9.18 Å². The number of nitrogens with zero attached hydrogens (tertiary/aromatic N) is 1. The Bertz CT molecular complexity index is 1180. The molecule has 3 amide bonds. The Hall–Kier alpha value is -3.39. The smallest absolute Gasteiger partial charge is 0.322 e. The molecule has 1 heterocycles. The van der Waals surface area contributed by atoms with Gasteiger partial charge in [0.25, 0.3) is 5.56 Å². The normalized spacial score (nSPS) is 11.7. The Balaban J connectivity index is 1.93. The topological polar surface area (TPSA) is 94.3 Å². The Labute approximate surface area is 183 Å². The highest BCUT2D eigenvalue weighted by Gasteiger charge is 2.24. The number of carbonyl (C=O) groups excluding carboxylic acids is 2. The van der Waals surface area contributed by atoms with Crippen molar-refractivity contribution in [2.75, 3.05) is 18.4 Å². The van der Waals surface area contributed by atoms with Gasteiger partial charge in [-0.3, -0.25) is 9.59 Å². The summed E-state index contributed by atoms with van der Waals surface area (Å²) in [5.41, 5.74) is 0.853. The summed E-state index contributed by atoms with van der Waals surface area (Å²) in [4.78, 5) is 40.8. The number of aromatic nitrogens is 1. The molecule has 0 saturated carbocycles. The maximum absolute atomic E-state index is 13.4. The first-order valence-corrected chi connectivity index (χ1v) is 10.0. The third-order valence-corrected chi connectivity index (χ3v) is 5.21. The minimum absolute atomic E-state index is 0.109. The standard InChI is InChI=1S/C22H22ClFN4O3/c1-13(18-12-26-21(30)17-6-4-3-5-16(17)18)28(10-9-25-14(2)29)22(31)27-15-7-8-20(24)19(23)11-15/h3-8,11-13H,9-10H2,1-2H3,(H,25,29)(H,26,30)(H,27,31)/t13-/m1/s1. The van der Waals surface area contributed by atoms with E-state index in [1.54, 1.807) is 18.3 Å². The second-order valence-electron chi connectivity index (χ2n) is 7.03. The molecule has 3 rings (SSSR count). The maximum atomic E-state index is 13.4. The van der Waals surface area contributed by atoms with Crippen molar-refractivity contribution in [2.24, 2.45) is 0 Å². The van der Waals surface area contributed by atoms with E-state index in [4.69, 9.17) is 11.6 Å². The number of urea groups is 1. The molecule has 0 aliphatic heterocycles. The Morgan fingerprint density at radius 1 is 1.19 bits per heavy atom. The van der Waals surface area contributed by atoms with E-state index in [1.165, 1.54) is 30.0 Å². The molecule has 0 aliphatic rings. The minimum Gasteiger partial charge on any atom is -0.355 e. The van der Waals surface area contributed by atoms with Crippen LogP contribution in [0.25, 0.3) is 10.8 Å². The Morgan fingerprint density at radius 3 is 2.58 bits per heavy atom. The Morgan fingerprint density at radius 2 is 1.90 bits per heavy atom. The van der Waals surface area contributed by atoms with Gasteiger partial charge in [0.05, 0.1) is 11.1 Å². The van der Waals surface area contributed by atoms with Crippen LogP contribution in [-0.2, 0) is 4.79 Å². The van der Waals surface area contributed by atoms with Crippen molar-refractivity contribution >= 4 is 40.0 Å². The summed E-state index contributed by atoms with van der Waals surface area (Å²) < 4.78 is 13.4. The van der Waals surface area contributed by atoms with E-state index in [0.717, 1.165) is 10.9 Å². The maximum Gasteiger partial charge on any atom is 0.322 e. The molecule has 9 heteroatoms. The van der Waals surface area contributed by atoms with E-state index in [9.17, 15) is 18.8 Å². The third kappa shape index (κ3) is 5.21. The number of benzene rings is 2. The second kappa shape index (κ2) is 9.61. The summed E-state index contributed by atoms with van der Waals surface area (Å²) in [5, 5.41) is 6.51. The Kier molecular flexibility index (Phi) is 6.91. The fourth-order valence-corrected chi connectivity index (χ4v) is 3.52. The van der Waals surface area contributed by atoms with Crippen molar-refractivity contribution in [3.8, 4) is 0 Å². The van der Waals surface area contributed by atoms with Gasteiger partial charge in [0.1, 0.15) is 5.82 Å². The lowest BCUT2D eigenvalue weighted by Gasteiger charge is -2.30. The number of hydrogen-bond acceptors (Lipinski definition) is 3. The van der Waals surface area contributed by atoms with Crippen LogP contribution in [0.15, 0.2) is 53.5 Å². The van der Waals surface area contributed by atoms with Gasteiger partial charge in [-0.15, -0.1) is 0 Å². The average Bonchev–Trinajstić information content (AvgIpc) is 2.73. The molecular formula is C22H22ClFN4O3. The van der Waals surface area contributed by atoms with Crippen LogP contribution in [0.3, 0.4) is 0 Å². The summed E-state index contributed by atoms with van der Waals surface area (Å²) in [6, 6.07) is 10.1. The molecule has 2 aromatic carbocycles. The molecule has 3 aromatic rings. The zero-order chi connectivity index (χ0) is 22.5. The van der Waals surface area contributed by atoms with E-state index in [1.807, 2.05) is 19.1 Å². The van der Waals surface area contributed by atoms with Crippen molar-refractivity contribution in [3.05, 3.63) is 75.4 Å². The first kappa shape index (κ1) is 22.3. The molecule has 1 atom stereocenters. The minimum atomic E-state index is -0.588. The fourth-order valence-electron chi connectivity index (χ4n) is 3.34. The van der Waals surface area contributed by atoms with Crippen LogP contribution in [0.2, 0.25) is 5.02 Å². The van der Waals surface area contributed by atoms with Gasteiger partial charge in [-0.1, -0.05) is 29.8 Å². The molecule has 0 aliphatic carbocycles. The molecule has 162 valence electrons. The molecule has 0 spiro atoms. The molecule has 7 nitrogen and oxygen atoms in total. The van der Waals surface area contributed by atoms with Gasteiger partial charge in [0.15, 0.2) is 0 Å². The van der Waals surface area contributed by atoms with E-state index >= 15 is 0 Å². The number of H-pyrrole nitrogens is 1. The number of rotatable bonds is 6. The van der Waals surface area contributed by atoms with Crippen LogP contribution >= 0.6 is 11.6 Å². The highest BCUT2D eigenvalue weighted by atomic mass is 35.5. The average molecular weight is 445 g/mol. The van der Waals surface area contributed by atoms with Gasteiger partial charge in [0, 0.05) is 37.3 Å². The van der Waals surface area contributed by atoms with Crippen LogP contribution in [0.4, 0.5) is 14.9 Å². The second-order valence-corrected chi connectivity index (χ2v) is 7.44. The number of anilines is 1. The summed E-state index contributed by atoms with van der Waals surface area (Å²) >= 11 is 5.81. The molecular weight excluding hydrogens is 423 g/mol. The lowest BCUT2D eigenvalue weighted by atomic mass is 10.0. The zero-order valence-corrected chi connectivity index (χ0v) is 17.8. The van der Waals surface area contributed by atoms with Gasteiger partial charge in [-0.05, 0) is 42.1 Å². The van der Waals surface area contributed by atoms with Gasteiger partial charge in [0.2, 0.25) is 5.91 Å². The molecule has 3 N–H and O–H groups in total. The van der Waals surface area contributed by atoms with Gasteiger partial charge < -0.3 is 20.5 Å². The first-order chi connectivity index (χ1) is 14.8. The summed E-state index contributed by atoms with van der Waals surface area (Å²) in [6.45, 7) is 3.66. The third-order valence-electron chi connectivity index (χ3n) is 4.92. The molecule has 0 fully saturated rings. The molecule has 1 aromatic heterocycles. The summed E-state index contributed by atoms with van der Waals surface area (Å²) in [6.07, 6.45) is 1.59. The highest BCUT2D eigenvalue weighted by Crippen LogP contribution is 2.27. The number of fused-ring (bicyclic) bond motifs is 1. The van der Waals surface area contributed by atoms with Crippen LogP contribution in [-0.4, -0.2) is 34.9 Å². The number of hydrogen-bond donors (Lipinski definition) is 3. The molecule has 0 unspecified atom stereocenters. The van der Waals surface area contributed by atoms with Crippen LogP contribution in [0.5, 0.6) is 0 Å². The number of carbonyl (C=O) groups is 2. The quantitative estimate of drug-likeness (QED) is 0.535.